The van der Waals surface area contributed by atoms with Crippen molar-refractivity contribution < 1.29 is 38.6 Å². The van der Waals surface area contributed by atoms with Gasteiger partial charge in [-0.25, -0.2) is 9.59 Å². The summed E-state index contributed by atoms with van der Waals surface area (Å²) in [5.74, 6) is -4.82. The number of rotatable bonds is 8. The molecule has 0 saturated heterocycles. The van der Waals surface area contributed by atoms with Gasteiger partial charge < -0.3 is 30.0 Å². The van der Waals surface area contributed by atoms with Gasteiger partial charge in [-0.15, -0.1) is 0 Å². The number of alkyl carbamates (subject to hydrolysis) is 1. The number of fused-ring (bicyclic) bond motifs is 1. The average molecular weight is 487 g/mol. The zero-order valence-electron chi connectivity index (χ0n) is 20.8. The second-order valence-electron chi connectivity index (χ2n) is 11.6. The molecule has 0 spiro atoms. The molecule has 188 valence electrons. The summed E-state index contributed by atoms with van der Waals surface area (Å²) < 4.78 is 11.4. The second-order valence-corrected chi connectivity index (χ2v) is 16.4. The molecule has 4 unspecified atom stereocenters. The fraction of sp³-hybridized carbons (Fsp3) is 0.818. The number of amides is 2. The van der Waals surface area contributed by atoms with E-state index in [1.807, 2.05) is 33.9 Å². The molecule has 2 rings (SSSR count). The van der Waals surface area contributed by atoms with Gasteiger partial charge in [0, 0.05) is 5.92 Å². The van der Waals surface area contributed by atoms with E-state index in [1.54, 1.807) is 20.8 Å². The molecule has 2 saturated carbocycles. The molecule has 0 bridgehead atoms. The quantitative estimate of drug-likeness (QED) is 0.382. The fourth-order valence-corrected chi connectivity index (χ4v) is 5.22. The number of nitrogens with one attached hydrogen (secondary N) is 2. The Balaban J connectivity index is 2.23. The predicted molar refractivity (Wildman–Crippen MR) is 122 cm³/mol. The van der Waals surface area contributed by atoms with E-state index in [9.17, 15) is 29.4 Å². The van der Waals surface area contributed by atoms with Gasteiger partial charge in [0.1, 0.15) is 17.2 Å². The maximum Gasteiger partial charge on any atom is 0.408 e. The Labute approximate surface area is 195 Å². The summed E-state index contributed by atoms with van der Waals surface area (Å²) in [6.07, 6.45) is -0.293. The number of carboxylic acid groups (broad SMARTS) is 2. The van der Waals surface area contributed by atoms with Gasteiger partial charge in [-0.3, -0.25) is 9.59 Å². The van der Waals surface area contributed by atoms with Crippen LogP contribution in [0.2, 0.25) is 18.1 Å². The Morgan fingerprint density at radius 3 is 2.09 bits per heavy atom. The van der Waals surface area contributed by atoms with Crippen molar-refractivity contribution in [1.29, 1.82) is 0 Å². The van der Waals surface area contributed by atoms with Crippen LogP contribution in [0, 0.1) is 17.8 Å². The Bertz CT molecular complexity index is 816. The molecule has 10 nitrogen and oxygen atoms in total. The van der Waals surface area contributed by atoms with Crippen LogP contribution in [0.5, 0.6) is 0 Å². The normalized spacial score (nSPS) is 27.8. The molecule has 5 atom stereocenters. The SMILES string of the molecule is CC(C)(C)OC(=O)N[C@@H](CO[Si](C)(C)C(C)(C)C)C(=O)NC1(C(=O)O)CCC2C(C(=O)O)C21. The highest BCUT2D eigenvalue weighted by atomic mass is 28.4. The molecule has 2 amide bonds. The lowest BCUT2D eigenvalue weighted by atomic mass is 9.89. The van der Waals surface area contributed by atoms with Crippen LogP contribution in [0.1, 0.15) is 54.4 Å². The Kier molecular flexibility index (Phi) is 7.31. The predicted octanol–water partition coefficient (Wildman–Crippen LogP) is 2.58. The van der Waals surface area contributed by atoms with Gasteiger partial charge in [0.2, 0.25) is 5.91 Å². The van der Waals surface area contributed by atoms with Crippen molar-refractivity contribution in [1.82, 2.24) is 10.6 Å². The van der Waals surface area contributed by atoms with E-state index in [2.05, 4.69) is 10.6 Å². The summed E-state index contributed by atoms with van der Waals surface area (Å²) in [4.78, 5) is 49.4. The minimum absolute atomic E-state index is 0.134. The Hall–Kier alpha value is -2.14. The van der Waals surface area contributed by atoms with Crippen molar-refractivity contribution in [2.45, 2.75) is 89.7 Å². The second kappa shape index (κ2) is 8.90. The van der Waals surface area contributed by atoms with Crippen molar-refractivity contribution in [2.24, 2.45) is 17.8 Å². The standard InChI is InChI=1S/C22H38N2O8Si/c1-20(2,3)32-19(30)23-13(11-31-33(7,8)21(4,5)6)16(25)24-22(18(28)29)10-9-12-14(15(12)22)17(26)27/h12-15H,9-11H2,1-8H3,(H,23,30)(H,24,25)(H,26,27)(H,28,29)/t12?,13-,14?,15?,22?/m0/s1. The molecule has 33 heavy (non-hydrogen) atoms. The van der Waals surface area contributed by atoms with E-state index in [4.69, 9.17) is 9.16 Å². The van der Waals surface area contributed by atoms with E-state index in [-0.39, 0.29) is 24.0 Å². The van der Waals surface area contributed by atoms with Crippen LogP contribution in [-0.2, 0) is 23.5 Å². The van der Waals surface area contributed by atoms with E-state index in [1.165, 1.54) is 0 Å². The van der Waals surface area contributed by atoms with Crippen LogP contribution < -0.4 is 10.6 Å². The molecule has 0 aromatic heterocycles. The van der Waals surface area contributed by atoms with Gasteiger partial charge in [-0.05, 0) is 57.7 Å². The summed E-state index contributed by atoms with van der Waals surface area (Å²) in [6.45, 7) is 15.0. The first kappa shape index (κ1) is 27.1. The van der Waals surface area contributed by atoms with Crippen LogP contribution in [0.3, 0.4) is 0 Å². The maximum absolute atomic E-state index is 13.3. The molecule has 2 aliphatic carbocycles. The van der Waals surface area contributed by atoms with Crippen LogP contribution in [0.25, 0.3) is 0 Å². The molecule has 0 heterocycles. The highest BCUT2D eigenvalue weighted by Crippen LogP contribution is 2.62. The Morgan fingerprint density at radius 2 is 1.67 bits per heavy atom. The van der Waals surface area contributed by atoms with E-state index >= 15 is 0 Å². The minimum Gasteiger partial charge on any atom is -0.481 e. The maximum atomic E-state index is 13.3. The average Bonchev–Trinajstić information content (AvgIpc) is 3.24. The number of aliphatic carboxylic acids is 2. The zero-order valence-corrected chi connectivity index (χ0v) is 21.8. The van der Waals surface area contributed by atoms with E-state index < -0.39 is 61.3 Å². The Morgan fingerprint density at radius 1 is 1.09 bits per heavy atom. The number of hydrogen-bond acceptors (Lipinski definition) is 6. The molecular weight excluding hydrogens is 448 g/mol. The molecule has 11 heteroatoms. The number of carboxylic acids is 2. The van der Waals surface area contributed by atoms with Crippen molar-refractivity contribution >= 4 is 32.3 Å². The first-order valence-corrected chi connectivity index (χ1v) is 14.1. The van der Waals surface area contributed by atoms with Crippen LogP contribution >= 0.6 is 0 Å². The highest BCUT2D eigenvalue weighted by molar-refractivity contribution is 6.74. The molecule has 0 aliphatic heterocycles. The summed E-state index contributed by atoms with van der Waals surface area (Å²) >= 11 is 0. The van der Waals surface area contributed by atoms with Crippen LogP contribution in [0.4, 0.5) is 4.79 Å². The number of ether oxygens (including phenoxy) is 1. The molecule has 4 N–H and O–H groups in total. The molecule has 2 aliphatic rings. The highest BCUT2D eigenvalue weighted by Gasteiger charge is 2.72. The van der Waals surface area contributed by atoms with E-state index in [0.717, 1.165) is 0 Å². The smallest absolute Gasteiger partial charge is 0.408 e. The van der Waals surface area contributed by atoms with Crippen molar-refractivity contribution in [2.75, 3.05) is 6.61 Å². The van der Waals surface area contributed by atoms with Gasteiger partial charge in [0.25, 0.3) is 0 Å². The first-order valence-electron chi connectivity index (χ1n) is 11.2. The number of hydrogen-bond donors (Lipinski definition) is 4. The molecule has 0 radical (unpaired) electrons. The lowest BCUT2D eigenvalue weighted by molar-refractivity contribution is -0.150. The van der Waals surface area contributed by atoms with Crippen LogP contribution in [0.15, 0.2) is 0 Å². The molecule has 2 fully saturated rings. The molecule has 0 aromatic rings. The summed E-state index contributed by atoms with van der Waals surface area (Å²) in [5, 5.41) is 24.3. The van der Waals surface area contributed by atoms with Gasteiger partial charge in [-0.1, -0.05) is 20.8 Å². The van der Waals surface area contributed by atoms with Crippen molar-refractivity contribution in [3.8, 4) is 0 Å². The lowest BCUT2D eigenvalue weighted by Gasteiger charge is -2.37. The number of carbonyl (C=O) groups excluding carboxylic acids is 2. The van der Waals surface area contributed by atoms with Gasteiger partial charge >= 0.3 is 18.0 Å². The lowest BCUT2D eigenvalue weighted by Crippen LogP contribution is -2.62. The summed E-state index contributed by atoms with van der Waals surface area (Å²) in [7, 11) is -2.29. The molecular formula is C22H38N2O8Si. The van der Waals surface area contributed by atoms with Crippen LogP contribution in [-0.4, -0.2) is 66.3 Å². The third-order valence-corrected chi connectivity index (χ3v) is 11.5. The van der Waals surface area contributed by atoms with Gasteiger partial charge in [0.15, 0.2) is 8.32 Å². The molecule has 0 aromatic carbocycles. The topological polar surface area (TPSA) is 151 Å². The zero-order chi connectivity index (χ0) is 25.6. The van der Waals surface area contributed by atoms with Crippen molar-refractivity contribution in [3.63, 3.8) is 0 Å². The summed E-state index contributed by atoms with van der Waals surface area (Å²) in [5.41, 5.74) is -2.48. The first-order chi connectivity index (χ1) is 14.8. The van der Waals surface area contributed by atoms with Gasteiger partial charge in [0.05, 0.1) is 12.5 Å². The minimum atomic E-state index is -2.29. The fourth-order valence-electron chi connectivity index (χ4n) is 4.20. The monoisotopic (exact) mass is 486 g/mol. The third kappa shape index (κ3) is 5.86. The third-order valence-electron chi connectivity index (χ3n) is 7.05. The largest absolute Gasteiger partial charge is 0.481 e. The van der Waals surface area contributed by atoms with Gasteiger partial charge in [-0.2, -0.15) is 0 Å². The summed E-state index contributed by atoms with van der Waals surface area (Å²) in [6, 6.07) is -1.20. The number of carbonyl (C=O) groups is 4. The van der Waals surface area contributed by atoms with Crippen molar-refractivity contribution in [3.05, 3.63) is 0 Å². The van der Waals surface area contributed by atoms with E-state index in [0.29, 0.717) is 6.42 Å².